The smallest absolute Gasteiger partial charge is 0.389 e. The fourth-order valence-electron chi connectivity index (χ4n) is 3.57. The molecule has 0 radical (unpaired) electrons. The number of alkyl halides is 4. The van der Waals surface area contributed by atoms with Gasteiger partial charge in [0.25, 0.3) is 5.91 Å². The van der Waals surface area contributed by atoms with Crippen LogP contribution in [-0.2, 0) is 14.4 Å². The molecule has 0 bridgehead atoms. The van der Waals surface area contributed by atoms with E-state index >= 15 is 0 Å². The molecule has 0 aliphatic carbocycles. The van der Waals surface area contributed by atoms with Crippen LogP contribution < -0.4 is 10.2 Å². The standard InChI is InChI=1S/C22H21F3IN3O4/c23-22(24,25)8-7-13(31)12-17(26)20(32)28-18-15-5-2-1-4-14(15)16-6-3-9-27-19(16)29(10-11-30)21(18)33/h1-6,9,17-18,30H,7-8,10-12H2,(H,28,32)/t17?,18-/m0/s1. The summed E-state index contributed by atoms with van der Waals surface area (Å²) in [6.45, 7) is -0.381. The summed E-state index contributed by atoms with van der Waals surface area (Å²) in [6.07, 6.45) is -5.26. The molecule has 0 saturated carbocycles. The Morgan fingerprint density at radius 2 is 1.88 bits per heavy atom. The number of anilines is 1. The van der Waals surface area contributed by atoms with Crippen LogP contribution in [0.4, 0.5) is 19.0 Å². The molecule has 1 aromatic heterocycles. The molecule has 2 N–H and O–H groups in total. The molecule has 2 heterocycles. The number of aliphatic hydroxyl groups excluding tert-OH is 1. The van der Waals surface area contributed by atoms with E-state index < -0.39 is 46.6 Å². The molecule has 1 aromatic carbocycles. The first-order chi connectivity index (χ1) is 15.6. The summed E-state index contributed by atoms with van der Waals surface area (Å²) in [5.41, 5.74) is 1.84. The fraction of sp³-hybridized carbons (Fsp3) is 0.364. The average molecular weight is 575 g/mol. The first kappa shape index (κ1) is 25.1. The Bertz CT molecular complexity index is 1050. The van der Waals surface area contributed by atoms with Gasteiger partial charge in [-0.1, -0.05) is 46.9 Å². The van der Waals surface area contributed by atoms with E-state index in [1.807, 2.05) is 0 Å². The van der Waals surface area contributed by atoms with Crippen molar-refractivity contribution in [1.82, 2.24) is 10.3 Å². The second-order valence-electron chi connectivity index (χ2n) is 7.44. The summed E-state index contributed by atoms with van der Waals surface area (Å²) in [6, 6.07) is 9.33. The molecule has 0 fully saturated rings. The van der Waals surface area contributed by atoms with Crippen LogP contribution in [0.25, 0.3) is 11.1 Å². The Kier molecular flexibility index (Phi) is 8.05. The summed E-state index contributed by atoms with van der Waals surface area (Å²) in [5, 5.41) is 12.2. The van der Waals surface area contributed by atoms with E-state index in [1.165, 1.54) is 11.1 Å². The maximum absolute atomic E-state index is 13.4. The topological polar surface area (TPSA) is 99.6 Å². The molecule has 0 spiro atoms. The minimum atomic E-state index is -4.45. The van der Waals surface area contributed by atoms with Crippen molar-refractivity contribution in [3.05, 3.63) is 48.2 Å². The highest BCUT2D eigenvalue weighted by Crippen LogP contribution is 2.39. The number of nitrogens with zero attached hydrogens (tertiary/aromatic N) is 2. The Labute approximate surface area is 201 Å². The highest BCUT2D eigenvalue weighted by atomic mass is 127. The normalized spacial score (nSPS) is 16.5. The number of hydrogen-bond acceptors (Lipinski definition) is 5. The van der Waals surface area contributed by atoms with E-state index in [4.69, 9.17) is 0 Å². The molecular formula is C22H21F3IN3O4. The van der Waals surface area contributed by atoms with Crippen LogP contribution in [0.3, 0.4) is 0 Å². The summed E-state index contributed by atoms with van der Waals surface area (Å²) < 4.78 is 36.1. The molecule has 2 atom stereocenters. The summed E-state index contributed by atoms with van der Waals surface area (Å²) in [5.74, 6) is -1.51. The fourth-order valence-corrected chi connectivity index (χ4v) is 4.24. The van der Waals surface area contributed by atoms with Gasteiger partial charge in [-0.15, -0.1) is 0 Å². The zero-order valence-corrected chi connectivity index (χ0v) is 19.5. The maximum atomic E-state index is 13.4. The van der Waals surface area contributed by atoms with E-state index in [9.17, 15) is 32.7 Å². The minimum absolute atomic E-state index is 0.0488. The van der Waals surface area contributed by atoms with Crippen molar-refractivity contribution in [1.29, 1.82) is 0 Å². The third-order valence-electron chi connectivity index (χ3n) is 5.11. The number of halogens is 4. The molecule has 1 aliphatic heterocycles. The van der Waals surface area contributed by atoms with Gasteiger partial charge < -0.3 is 10.4 Å². The lowest BCUT2D eigenvalue weighted by molar-refractivity contribution is -0.143. The number of fused-ring (bicyclic) bond motifs is 3. The summed E-state index contributed by atoms with van der Waals surface area (Å²) in [7, 11) is 0. The molecule has 1 aliphatic rings. The van der Waals surface area contributed by atoms with Gasteiger partial charge in [0.1, 0.15) is 17.6 Å². The van der Waals surface area contributed by atoms with Crippen LogP contribution in [0.15, 0.2) is 42.6 Å². The summed E-state index contributed by atoms with van der Waals surface area (Å²) >= 11 is 1.69. The zero-order chi connectivity index (χ0) is 24.2. The molecule has 176 valence electrons. The first-order valence-electron chi connectivity index (χ1n) is 10.1. The molecule has 3 rings (SSSR count). The van der Waals surface area contributed by atoms with Gasteiger partial charge in [-0.3, -0.25) is 19.3 Å². The number of rotatable bonds is 8. The van der Waals surface area contributed by atoms with E-state index in [0.29, 0.717) is 22.5 Å². The van der Waals surface area contributed by atoms with Gasteiger partial charge in [-0.2, -0.15) is 13.2 Å². The Hall–Kier alpha value is -2.54. The highest BCUT2D eigenvalue weighted by Gasteiger charge is 2.36. The van der Waals surface area contributed by atoms with Crippen LogP contribution in [0.5, 0.6) is 0 Å². The second-order valence-corrected chi connectivity index (χ2v) is 8.95. The maximum Gasteiger partial charge on any atom is 0.389 e. The van der Waals surface area contributed by atoms with Crippen molar-refractivity contribution in [2.45, 2.75) is 35.4 Å². The van der Waals surface area contributed by atoms with E-state index in [1.54, 1.807) is 59.0 Å². The van der Waals surface area contributed by atoms with Crippen molar-refractivity contribution in [3.63, 3.8) is 0 Å². The molecule has 11 heteroatoms. The molecule has 2 amide bonds. The minimum Gasteiger partial charge on any atom is -0.395 e. The van der Waals surface area contributed by atoms with Gasteiger partial charge in [0.2, 0.25) is 5.91 Å². The molecule has 1 unspecified atom stereocenters. The van der Waals surface area contributed by atoms with Gasteiger partial charge in [0.05, 0.1) is 23.5 Å². The number of β-amino-alcohol motifs (C(OH)–C–C–N with tert-alkyl or cyclic N) is 1. The predicted octanol–water partition coefficient (Wildman–Crippen LogP) is 3.35. The van der Waals surface area contributed by atoms with Crippen molar-refractivity contribution < 1.29 is 32.7 Å². The number of nitrogens with one attached hydrogen (secondary N) is 1. The number of aromatic nitrogens is 1. The van der Waals surface area contributed by atoms with Gasteiger partial charge in [-0.25, -0.2) is 4.98 Å². The second kappa shape index (κ2) is 10.6. The van der Waals surface area contributed by atoms with Gasteiger partial charge in [0, 0.05) is 24.6 Å². The number of aliphatic hydroxyl groups is 1. The Morgan fingerprint density at radius 1 is 1.18 bits per heavy atom. The molecular weight excluding hydrogens is 554 g/mol. The van der Waals surface area contributed by atoms with Crippen molar-refractivity contribution >= 4 is 46.0 Å². The molecule has 0 saturated heterocycles. The van der Waals surface area contributed by atoms with Crippen LogP contribution in [0.2, 0.25) is 0 Å². The average Bonchev–Trinajstić information content (AvgIpc) is 2.87. The monoisotopic (exact) mass is 575 g/mol. The number of Topliss-reactive ketones (excluding diaryl/α,β-unsaturated/α-hetero) is 1. The number of benzene rings is 1. The Morgan fingerprint density at radius 3 is 2.58 bits per heavy atom. The van der Waals surface area contributed by atoms with E-state index in [-0.39, 0.29) is 19.6 Å². The molecule has 33 heavy (non-hydrogen) atoms. The quantitative estimate of drug-likeness (QED) is 0.372. The van der Waals surface area contributed by atoms with Gasteiger partial charge in [-0.05, 0) is 23.3 Å². The molecule has 2 aromatic rings. The largest absolute Gasteiger partial charge is 0.395 e. The number of ketones is 1. The number of carbonyl (C=O) groups excluding carboxylic acids is 3. The first-order valence-corrected chi connectivity index (χ1v) is 11.4. The van der Waals surface area contributed by atoms with Gasteiger partial charge in [0.15, 0.2) is 0 Å². The number of carbonyl (C=O) groups is 3. The van der Waals surface area contributed by atoms with Gasteiger partial charge >= 0.3 is 6.18 Å². The summed E-state index contributed by atoms with van der Waals surface area (Å²) in [4.78, 5) is 43.7. The highest BCUT2D eigenvalue weighted by molar-refractivity contribution is 14.1. The van der Waals surface area contributed by atoms with E-state index in [0.717, 1.165) is 0 Å². The SMILES string of the molecule is O=C(CCC(F)(F)F)CC(I)C(=O)N[C@@H]1C(=O)N(CCO)c2ncccc2-c2ccccc21. The predicted molar refractivity (Wildman–Crippen MR) is 123 cm³/mol. The number of amides is 2. The number of hydrogen-bond donors (Lipinski definition) is 2. The number of pyridine rings is 1. The lowest BCUT2D eigenvalue weighted by atomic mass is 9.96. The van der Waals surface area contributed by atoms with Crippen LogP contribution in [0.1, 0.15) is 30.9 Å². The van der Waals surface area contributed by atoms with Crippen molar-refractivity contribution in [2.24, 2.45) is 0 Å². The third-order valence-corrected chi connectivity index (χ3v) is 6.11. The lowest BCUT2D eigenvalue weighted by Gasteiger charge is -2.25. The van der Waals surface area contributed by atoms with Crippen LogP contribution >= 0.6 is 22.6 Å². The Balaban J connectivity index is 1.85. The van der Waals surface area contributed by atoms with Crippen molar-refractivity contribution in [2.75, 3.05) is 18.1 Å². The molecule has 7 nitrogen and oxygen atoms in total. The third kappa shape index (κ3) is 6.08. The lowest BCUT2D eigenvalue weighted by Crippen LogP contribution is -2.45. The van der Waals surface area contributed by atoms with E-state index in [2.05, 4.69) is 10.3 Å². The van der Waals surface area contributed by atoms with Crippen LogP contribution in [0, 0.1) is 0 Å². The zero-order valence-electron chi connectivity index (χ0n) is 17.3. The van der Waals surface area contributed by atoms with Crippen LogP contribution in [-0.4, -0.2) is 50.9 Å². The van der Waals surface area contributed by atoms with Crippen molar-refractivity contribution in [3.8, 4) is 11.1 Å².